The summed E-state index contributed by atoms with van der Waals surface area (Å²) >= 11 is 0. The molecule has 0 unspecified atom stereocenters. The monoisotopic (exact) mass is 218 g/mol. The molecule has 1 aliphatic rings. The highest BCUT2D eigenvalue weighted by molar-refractivity contribution is 6.11. The number of para-hydroxylation sites is 2. The van der Waals surface area contributed by atoms with Gasteiger partial charge in [-0.05, 0) is 12.1 Å². The fraction of sp³-hybridized carbons (Fsp3) is 0. The van der Waals surface area contributed by atoms with E-state index in [1.165, 1.54) is 21.9 Å². The summed E-state index contributed by atoms with van der Waals surface area (Å²) in [6, 6.07) is 14.8. The van der Waals surface area contributed by atoms with E-state index in [1.54, 1.807) is 0 Å². The van der Waals surface area contributed by atoms with Crippen LogP contribution >= 0.6 is 0 Å². The van der Waals surface area contributed by atoms with Gasteiger partial charge in [-0.25, -0.2) is 4.68 Å². The van der Waals surface area contributed by atoms with Crippen LogP contribution < -0.4 is 0 Å². The van der Waals surface area contributed by atoms with Gasteiger partial charge in [0.1, 0.15) is 0 Å². The lowest BCUT2D eigenvalue weighted by atomic mass is 10.1. The van der Waals surface area contributed by atoms with Crippen molar-refractivity contribution in [2.45, 2.75) is 0 Å². The van der Waals surface area contributed by atoms with Gasteiger partial charge in [0.05, 0.1) is 11.0 Å². The zero-order valence-electron chi connectivity index (χ0n) is 9.17. The topological polar surface area (TPSA) is 17.3 Å². The maximum absolute atomic E-state index is 4.50. The predicted molar refractivity (Wildman–Crippen MR) is 72.4 cm³/mol. The Morgan fingerprint density at radius 3 is 2.76 bits per heavy atom. The van der Waals surface area contributed by atoms with Gasteiger partial charge < -0.3 is 0 Å². The van der Waals surface area contributed by atoms with E-state index in [1.807, 2.05) is 17.0 Å². The second-order valence-corrected chi connectivity index (χ2v) is 4.20. The molecule has 3 aromatic rings. The number of hydrogen-bond donors (Lipinski definition) is 0. The van der Waals surface area contributed by atoms with Crippen LogP contribution in [0.5, 0.6) is 0 Å². The van der Waals surface area contributed by atoms with Gasteiger partial charge in [0.2, 0.25) is 0 Å². The molecule has 0 spiro atoms. The van der Waals surface area contributed by atoms with Crippen molar-refractivity contribution in [1.82, 2.24) is 4.68 Å². The molecule has 2 aromatic carbocycles. The molecule has 17 heavy (non-hydrogen) atoms. The number of allylic oxidation sites excluding steroid dienone is 1. The number of fused-ring (bicyclic) bond motifs is 3. The molecule has 0 amide bonds. The molecule has 1 aromatic heterocycles. The van der Waals surface area contributed by atoms with Crippen molar-refractivity contribution in [3.8, 4) is 0 Å². The Bertz CT molecular complexity index is 791. The Balaban J connectivity index is 2.39. The van der Waals surface area contributed by atoms with Gasteiger partial charge in [0.15, 0.2) is 0 Å². The SMILES string of the molecule is C1=Cc2cccc3c4ccccc4n(c23)N=C1. The van der Waals surface area contributed by atoms with Crippen LogP contribution in [0.2, 0.25) is 0 Å². The molecule has 2 heterocycles. The number of rotatable bonds is 0. The third kappa shape index (κ3) is 1.07. The van der Waals surface area contributed by atoms with Crippen molar-refractivity contribution < 1.29 is 0 Å². The Morgan fingerprint density at radius 1 is 0.882 bits per heavy atom. The second-order valence-electron chi connectivity index (χ2n) is 4.20. The first kappa shape index (κ1) is 8.76. The average Bonchev–Trinajstić information content (AvgIpc) is 2.56. The van der Waals surface area contributed by atoms with Crippen LogP contribution in [-0.2, 0) is 0 Å². The standard InChI is InChI=1S/C15H10N2/c1-2-9-14-12(7-1)13-8-3-5-11-6-4-10-16-17(14)15(11)13/h1-10H. The number of benzene rings is 2. The van der Waals surface area contributed by atoms with Gasteiger partial charge in [-0.15, -0.1) is 0 Å². The average molecular weight is 218 g/mol. The van der Waals surface area contributed by atoms with Crippen LogP contribution in [0.4, 0.5) is 0 Å². The Morgan fingerprint density at radius 2 is 1.76 bits per heavy atom. The fourth-order valence-electron chi connectivity index (χ4n) is 2.53. The molecule has 80 valence electrons. The first-order valence-corrected chi connectivity index (χ1v) is 5.68. The minimum absolute atomic E-state index is 1.16. The van der Waals surface area contributed by atoms with Crippen molar-refractivity contribution >= 4 is 34.1 Å². The molecular formula is C15H10N2. The molecule has 0 saturated heterocycles. The smallest absolute Gasteiger partial charge is 0.0804 e. The highest BCUT2D eigenvalue weighted by atomic mass is 15.3. The van der Waals surface area contributed by atoms with Crippen LogP contribution in [0.15, 0.2) is 53.6 Å². The Kier molecular flexibility index (Phi) is 1.59. The van der Waals surface area contributed by atoms with Gasteiger partial charge in [-0.2, -0.15) is 5.10 Å². The number of hydrogen-bond acceptors (Lipinski definition) is 1. The van der Waals surface area contributed by atoms with Crippen molar-refractivity contribution in [3.05, 3.63) is 54.1 Å². The van der Waals surface area contributed by atoms with Crippen molar-refractivity contribution in [1.29, 1.82) is 0 Å². The summed E-state index contributed by atoms with van der Waals surface area (Å²) in [4.78, 5) is 0. The molecule has 0 saturated carbocycles. The lowest BCUT2D eigenvalue weighted by molar-refractivity contribution is 0.977. The van der Waals surface area contributed by atoms with Crippen LogP contribution in [-0.4, -0.2) is 10.9 Å². The summed E-state index contributed by atoms with van der Waals surface area (Å²) in [5, 5.41) is 7.02. The van der Waals surface area contributed by atoms with Crippen LogP contribution in [0.3, 0.4) is 0 Å². The van der Waals surface area contributed by atoms with E-state index < -0.39 is 0 Å². The molecule has 0 fully saturated rings. The van der Waals surface area contributed by atoms with Gasteiger partial charge in [0, 0.05) is 22.6 Å². The highest BCUT2D eigenvalue weighted by Gasteiger charge is 2.12. The molecule has 1 aliphatic heterocycles. The molecule has 0 aliphatic carbocycles. The summed E-state index contributed by atoms with van der Waals surface area (Å²) in [7, 11) is 0. The molecule has 2 nitrogen and oxygen atoms in total. The van der Waals surface area contributed by atoms with Crippen LogP contribution in [0.25, 0.3) is 27.9 Å². The van der Waals surface area contributed by atoms with Crippen LogP contribution in [0, 0.1) is 0 Å². The summed E-state index contributed by atoms with van der Waals surface area (Å²) in [5.74, 6) is 0. The minimum Gasteiger partial charge on any atom is -0.232 e. The summed E-state index contributed by atoms with van der Waals surface area (Å²) in [6.07, 6.45) is 5.93. The molecular weight excluding hydrogens is 208 g/mol. The van der Waals surface area contributed by atoms with Gasteiger partial charge in [-0.3, -0.25) is 0 Å². The molecule has 0 radical (unpaired) electrons. The lowest BCUT2D eigenvalue weighted by Crippen LogP contribution is -1.87. The summed E-state index contributed by atoms with van der Waals surface area (Å²) in [6.45, 7) is 0. The zero-order chi connectivity index (χ0) is 11.2. The van der Waals surface area contributed by atoms with E-state index in [9.17, 15) is 0 Å². The molecule has 0 N–H and O–H groups in total. The van der Waals surface area contributed by atoms with E-state index in [2.05, 4.69) is 53.6 Å². The summed E-state index contributed by atoms with van der Waals surface area (Å²) < 4.78 is 2.03. The number of nitrogens with zero attached hydrogens (tertiary/aromatic N) is 2. The third-order valence-corrected chi connectivity index (χ3v) is 3.25. The number of aromatic nitrogens is 1. The van der Waals surface area contributed by atoms with Crippen molar-refractivity contribution in [2.75, 3.05) is 0 Å². The maximum Gasteiger partial charge on any atom is 0.0804 e. The third-order valence-electron chi connectivity index (χ3n) is 3.25. The fourth-order valence-corrected chi connectivity index (χ4v) is 2.53. The minimum atomic E-state index is 1.16. The summed E-state index contributed by atoms with van der Waals surface area (Å²) in [5.41, 5.74) is 3.57. The normalized spacial score (nSPS) is 13.4. The quantitative estimate of drug-likeness (QED) is 0.548. The molecule has 0 bridgehead atoms. The van der Waals surface area contributed by atoms with E-state index in [-0.39, 0.29) is 0 Å². The highest BCUT2D eigenvalue weighted by Crippen LogP contribution is 2.32. The van der Waals surface area contributed by atoms with Gasteiger partial charge in [-0.1, -0.05) is 42.5 Å². The van der Waals surface area contributed by atoms with E-state index in [0.717, 1.165) is 5.52 Å². The predicted octanol–water partition coefficient (Wildman–Crippen LogP) is 3.66. The van der Waals surface area contributed by atoms with Crippen molar-refractivity contribution in [2.24, 2.45) is 5.10 Å². The molecule has 4 rings (SSSR count). The lowest BCUT2D eigenvalue weighted by Gasteiger charge is -1.99. The Labute approximate surface area is 98.5 Å². The molecule has 2 heteroatoms. The molecule has 0 atom stereocenters. The maximum atomic E-state index is 4.50. The Hall–Kier alpha value is -2.35. The van der Waals surface area contributed by atoms with Crippen LogP contribution in [0.1, 0.15) is 5.56 Å². The zero-order valence-corrected chi connectivity index (χ0v) is 9.17. The van der Waals surface area contributed by atoms with E-state index in [0.29, 0.717) is 0 Å². The van der Waals surface area contributed by atoms with Crippen molar-refractivity contribution in [3.63, 3.8) is 0 Å². The van der Waals surface area contributed by atoms with E-state index in [4.69, 9.17) is 0 Å². The van der Waals surface area contributed by atoms with E-state index >= 15 is 0 Å². The second kappa shape index (κ2) is 3.08. The first-order valence-electron chi connectivity index (χ1n) is 5.68. The largest absolute Gasteiger partial charge is 0.232 e. The first-order chi connectivity index (χ1) is 8.45. The van der Waals surface area contributed by atoms with Gasteiger partial charge in [0.25, 0.3) is 0 Å². The van der Waals surface area contributed by atoms with Gasteiger partial charge >= 0.3 is 0 Å².